The summed E-state index contributed by atoms with van der Waals surface area (Å²) in [7, 11) is 1.34. The van der Waals surface area contributed by atoms with E-state index in [0.717, 1.165) is 0 Å². The Hall–Kier alpha value is -6.39. The monoisotopic (exact) mass is 784 g/mol. The Morgan fingerprint density at radius 1 is 0.852 bits per heavy atom. The summed E-state index contributed by atoms with van der Waals surface area (Å²) in [6, 6.07) is 10.8. The quantitative estimate of drug-likeness (QED) is 0.0413. The zero-order valence-electron chi connectivity index (χ0n) is 28.2. The van der Waals surface area contributed by atoms with Crippen LogP contribution in [-0.4, -0.2) is 87.3 Å². The lowest BCUT2D eigenvalue weighted by Crippen LogP contribution is -2.37. The van der Waals surface area contributed by atoms with Crippen LogP contribution in [-0.2, 0) is 20.9 Å². The van der Waals surface area contributed by atoms with Gasteiger partial charge in [-0.3, -0.25) is 14.5 Å². The van der Waals surface area contributed by atoms with Crippen molar-refractivity contribution in [1.29, 1.82) is 0 Å². The van der Waals surface area contributed by atoms with Crippen LogP contribution in [0.3, 0.4) is 0 Å². The zero-order valence-corrected chi connectivity index (χ0v) is 29.7. The third kappa shape index (κ3) is 8.46. The fourth-order valence-electron chi connectivity index (χ4n) is 5.53. The van der Waals surface area contributed by atoms with Crippen molar-refractivity contribution in [2.45, 2.75) is 19.5 Å². The van der Waals surface area contributed by atoms with Crippen LogP contribution in [0.15, 0.2) is 63.8 Å². The molecule has 2 aliphatic rings. The second-order valence-corrected chi connectivity index (χ2v) is 12.5. The summed E-state index contributed by atoms with van der Waals surface area (Å²) in [6.45, 7) is -0.0288. The van der Waals surface area contributed by atoms with Gasteiger partial charge in [0.25, 0.3) is 0 Å². The van der Waals surface area contributed by atoms with Gasteiger partial charge in [-0.05, 0) is 48.9 Å². The van der Waals surface area contributed by atoms with E-state index in [-0.39, 0.29) is 68.9 Å². The van der Waals surface area contributed by atoms with Gasteiger partial charge in [0.1, 0.15) is 54.1 Å². The number of nitrogens with one attached hydrogen (secondary N) is 1. The van der Waals surface area contributed by atoms with E-state index < -0.39 is 48.6 Å². The van der Waals surface area contributed by atoms with Crippen molar-refractivity contribution in [3.63, 3.8) is 0 Å². The topological polar surface area (TPSA) is 243 Å². The van der Waals surface area contributed by atoms with Gasteiger partial charge < -0.3 is 49.5 Å². The molecule has 1 heterocycles. The average Bonchev–Trinajstić information content (AvgIpc) is 3.09. The zero-order chi connectivity index (χ0) is 39.4. The first-order valence-electron chi connectivity index (χ1n) is 15.7. The molecule has 6 N–H and O–H groups in total. The molecule has 282 valence electrons. The van der Waals surface area contributed by atoms with Crippen LogP contribution < -0.4 is 25.0 Å². The molecule has 3 aromatic carbocycles. The predicted molar refractivity (Wildman–Crippen MR) is 194 cm³/mol. The van der Waals surface area contributed by atoms with Gasteiger partial charge in [-0.15, -0.1) is 0 Å². The SMILES string of the molecule is COc1cc(CN(CC(=O)O)C(=O)O)c(OCCOc2cc(C)ccc2NC(C(=O)O)C(=O)O)cc1-c1c2cc(Cl)c(=O)cc-2oc2cc(O)c(Cl)cc12. The number of anilines is 1. The Kier molecular flexibility index (Phi) is 11.6. The van der Waals surface area contributed by atoms with E-state index in [2.05, 4.69) is 5.32 Å². The molecule has 0 spiro atoms. The van der Waals surface area contributed by atoms with Crippen molar-refractivity contribution in [2.75, 3.05) is 32.2 Å². The lowest BCUT2D eigenvalue weighted by molar-refractivity contribution is -0.148. The summed E-state index contributed by atoms with van der Waals surface area (Å²) in [5.74, 6) is -4.57. The molecule has 0 aromatic heterocycles. The van der Waals surface area contributed by atoms with Gasteiger partial charge >= 0.3 is 24.0 Å². The molecular weight excluding hydrogens is 755 g/mol. The Labute approximate surface area is 314 Å². The van der Waals surface area contributed by atoms with Gasteiger partial charge in [-0.25, -0.2) is 14.4 Å². The van der Waals surface area contributed by atoms with Gasteiger partial charge in [-0.2, -0.15) is 0 Å². The Bertz CT molecular complexity index is 2310. The van der Waals surface area contributed by atoms with E-state index in [1.807, 2.05) is 0 Å². The Morgan fingerprint density at radius 3 is 2.17 bits per heavy atom. The summed E-state index contributed by atoms with van der Waals surface area (Å²) in [5.41, 5.74) is 1.53. The third-order valence-corrected chi connectivity index (χ3v) is 8.58. The maximum atomic E-state index is 12.5. The van der Waals surface area contributed by atoms with Crippen LogP contribution >= 0.6 is 23.2 Å². The van der Waals surface area contributed by atoms with Crippen molar-refractivity contribution in [2.24, 2.45) is 0 Å². The first-order chi connectivity index (χ1) is 25.6. The molecule has 0 atom stereocenters. The standard InChI is InChI=1S/C36H30Cl2N2O14/c1-16-3-4-23(39-33(34(45)46)35(47)48)30(7-16)53-6-5-52-26-11-20(27(51-2)8-17(26)14-40(36(49)50)15-31(43)44)32-18-9-21(37)24(41)12-28(18)54-29-13-25(42)22(38)10-19(29)32/h3-4,7-13,33,39,41H,5-6,14-15H2,1-2H3,(H,43,44)(H,45,46)(H,47,48)(H,49,50). The maximum absolute atomic E-state index is 12.5. The normalized spacial score (nSPS) is 11.1. The van der Waals surface area contributed by atoms with Gasteiger partial charge in [-0.1, -0.05) is 29.3 Å². The summed E-state index contributed by atoms with van der Waals surface area (Å²) < 4.78 is 23.7. The number of benzene rings is 4. The summed E-state index contributed by atoms with van der Waals surface area (Å²) >= 11 is 12.6. The average molecular weight is 786 g/mol. The van der Waals surface area contributed by atoms with Crippen LogP contribution in [0, 0.1) is 6.92 Å². The number of halogens is 2. The van der Waals surface area contributed by atoms with Crippen molar-refractivity contribution in [1.82, 2.24) is 4.90 Å². The molecule has 0 saturated carbocycles. The molecule has 0 bridgehead atoms. The van der Waals surface area contributed by atoms with Crippen LogP contribution in [0.4, 0.5) is 10.5 Å². The van der Waals surface area contributed by atoms with Crippen molar-refractivity contribution >= 4 is 63.9 Å². The first-order valence-corrected chi connectivity index (χ1v) is 16.4. The highest BCUT2D eigenvalue weighted by Crippen LogP contribution is 2.47. The minimum Gasteiger partial charge on any atom is -0.506 e. The molecule has 0 saturated heterocycles. The largest absolute Gasteiger partial charge is 0.506 e. The number of rotatable bonds is 15. The number of hydrogen-bond acceptors (Lipinski definition) is 11. The lowest BCUT2D eigenvalue weighted by Gasteiger charge is -2.23. The number of phenols is 1. The molecular formula is C36H30Cl2N2O14. The lowest BCUT2D eigenvalue weighted by atomic mass is 9.92. The molecule has 0 unspecified atom stereocenters. The highest BCUT2D eigenvalue weighted by Gasteiger charge is 2.28. The number of methoxy groups -OCH3 is 1. The number of carboxylic acid groups (broad SMARTS) is 4. The Balaban J connectivity index is 1.61. The molecule has 18 heteroatoms. The number of aromatic hydroxyl groups is 1. The maximum Gasteiger partial charge on any atom is 0.408 e. The number of amides is 1. The fourth-order valence-corrected chi connectivity index (χ4v) is 5.86. The van der Waals surface area contributed by atoms with Crippen LogP contribution in [0.1, 0.15) is 11.1 Å². The molecule has 1 aliphatic carbocycles. The highest BCUT2D eigenvalue weighted by molar-refractivity contribution is 6.33. The molecule has 0 radical (unpaired) electrons. The minimum absolute atomic E-state index is 0.0390. The van der Waals surface area contributed by atoms with Crippen molar-refractivity contribution in [3.8, 4) is 45.4 Å². The minimum atomic E-state index is -1.97. The number of aliphatic carboxylic acids is 3. The predicted octanol–water partition coefficient (Wildman–Crippen LogP) is 5.87. The third-order valence-electron chi connectivity index (χ3n) is 7.98. The van der Waals surface area contributed by atoms with E-state index in [1.54, 1.807) is 19.1 Å². The van der Waals surface area contributed by atoms with Gasteiger partial charge in [0.2, 0.25) is 11.5 Å². The number of nitrogens with zero attached hydrogens (tertiary/aromatic N) is 1. The molecule has 54 heavy (non-hydrogen) atoms. The number of fused-ring (bicyclic) bond motifs is 2. The van der Waals surface area contributed by atoms with Crippen molar-refractivity contribution < 1.29 is 63.3 Å². The number of hydrogen-bond donors (Lipinski definition) is 6. The molecule has 1 amide bonds. The van der Waals surface area contributed by atoms with E-state index in [0.29, 0.717) is 32.5 Å². The molecule has 5 rings (SSSR count). The fraction of sp³-hybridized carbons (Fsp3) is 0.194. The van der Waals surface area contributed by atoms with E-state index >= 15 is 0 Å². The molecule has 1 aliphatic heterocycles. The number of carbonyl (C=O) groups is 4. The smallest absolute Gasteiger partial charge is 0.408 e. The Morgan fingerprint density at radius 2 is 1.54 bits per heavy atom. The first kappa shape index (κ1) is 38.8. The highest BCUT2D eigenvalue weighted by atomic mass is 35.5. The summed E-state index contributed by atoms with van der Waals surface area (Å²) in [5, 5.41) is 50.8. The van der Waals surface area contributed by atoms with Crippen LogP contribution in [0.25, 0.3) is 33.4 Å². The van der Waals surface area contributed by atoms with Gasteiger partial charge in [0, 0.05) is 39.8 Å². The second-order valence-electron chi connectivity index (χ2n) is 11.7. The second kappa shape index (κ2) is 16.1. The number of phenolic OH excluding ortho intramolecular Hbond substituents is 1. The van der Waals surface area contributed by atoms with Gasteiger partial charge in [0.15, 0.2) is 0 Å². The number of aryl methyl sites for hydroxylation is 1. The van der Waals surface area contributed by atoms with Crippen molar-refractivity contribution in [3.05, 3.63) is 86.0 Å². The van der Waals surface area contributed by atoms with E-state index in [4.69, 9.17) is 41.8 Å². The molecule has 16 nitrogen and oxygen atoms in total. The number of ether oxygens (including phenoxy) is 3. The summed E-state index contributed by atoms with van der Waals surface area (Å²) in [4.78, 5) is 59.7. The van der Waals surface area contributed by atoms with E-state index in [9.17, 15) is 49.5 Å². The molecule has 3 aromatic rings. The van der Waals surface area contributed by atoms with Crippen LogP contribution in [0.2, 0.25) is 10.0 Å². The van der Waals surface area contributed by atoms with Gasteiger partial charge in [0.05, 0.1) is 29.4 Å². The molecule has 0 fully saturated rings. The summed E-state index contributed by atoms with van der Waals surface area (Å²) in [6.07, 6.45) is -1.53. The number of carboxylic acids is 3. The van der Waals surface area contributed by atoms with E-state index in [1.165, 1.54) is 49.6 Å². The van der Waals surface area contributed by atoms with Crippen LogP contribution in [0.5, 0.6) is 23.0 Å².